The monoisotopic (exact) mass is 284 g/mol. The molecule has 0 aliphatic rings. The number of thioether (sulfide) groups is 1. The number of nitriles is 1. The second-order valence-corrected chi connectivity index (χ2v) is 5.40. The summed E-state index contributed by atoms with van der Waals surface area (Å²) in [6.45, 7) is 2.59. The number of aromatic nitrogens is 1. The molecule has 2 aromatic rings. The fraction of sp³-hybridized carbons (Fsp3) is 0.250. The van der Waals surface area contributed by atoms with Crippen LogP contribution < -0.4 is 4.74 Å². The quantitative estimate of drug-likeness (QED) is 0.759. The number of pyridine rings is 1. The molecular formula is C16H16N2OS. The van der Waals surface area contributed by atoms with Crippen molar-refractivity contribution in [3.05, 3.63) is 53.9 Å². The van der Waals surface area contributed by atoms with Gasteiger partial charge >= 0.3 is 0 Å². The van der Waals surface area contributed by atoms with Crippen LogP contribution in [0.1, 0.15) is 18.2 Å². The average Bonchev–Trinajstić information content (AvgIpc) is 2.49. The molecule has 0 radical (unpaired) electrons. The van der Waals surface area contributed by atoms with Gasteiger partial charge in [0.2, 0.25) is 0 Å². The van der Waals surface area contributed by atoms with Crippen LogP contribution in [0.3, 0.4) is 0 Å². The van der Waals surface area contributed by atoms with E-state index in [0.717, 1.165) is 22.8 Å². The van der Waals surface area contributed by atoms with Crippen molar-refractivity contribution in [1.29, 1.82) is 5.26 Å². The van der Waals surface area contributed by atoms with Gasteiger partial charge < -0.3 is 4.74 Å². The summed E-state index contributed by atoms with van der Waals surface area (Å²) in [4.78, 5) is 5.23. The Bertz CT molecular complexity index is 593. The first kappa shape index (κ1) is 14.4. The predicted octanol–water partition coefficient (Wildman–Crippen LogP) is 3.69. The van der Waals surface area contributed by atoms with Gasteiger partial charge in [-0.1, -0.05) is 19.1 Å². The molecule has 0 spiro atoms. The molecule has 102 valence electrons. The summed E-state index contributed by atoms with van der Waals surface area (Å²) < 4.78 is 5.74. The van der Waals surface area contributed by atoms with Crippen molar-refractivity contribution in [2.75, 3.05) is 12.4 Å². The minimum absolute atomic E-state index is 0.520. The maximum absolute atomic E-state index is 9.29. The number of benzene rings is 1. The van der Waals surface area contributed by atoms with E-state index in [9.17, 15) is 5.26 Å². The van der Waals surface area contributed by atoms with Crippen LogP contribution in [0.5, 0.6) is 5.75 Å². The van der Waals surface area contributed by atoms with Crippen LogP contribution in [0.15, 0.2) is 47.5 Å². The van der Waals surface area contributed by atoms with Crippen LogP contribution in [0.4, 0.5) is 0 Å². The minimum atomic E-state index is 0.520. The van der Waals surface area contributed by atoms with Crippen molar-refractivity contribution >= 4 is 11.8 Å². The number of hydrogen-bond donors (Lipinski definition) is 0. The van der Waals surface area contributed by atoms with Gasteiger partial charge in [0.05, 0.1) is 6.61 Å². The van der Waals surface area contributed by atoms with E-state index in [1.165, 1.54) is 0 Å². The van der Waals surface area contributed by atoms with E-state index in [1.807, 2.05) is 36.4 Å². The van der Waals surface area contributed by atoms with Gasteiger partial charge in [0.25, 0.3) is 0 Å². The zero-order valence-electron chi connectivity index (χ0n) is 11.4. The maximum atomic E-state index is 9.29. The Balaban J connectivity index is 2.02. The lowest BCUT2D eigenvalue weighted by molar-refractivity contribution is 0.319. The zero-order valence-corrected chi connectivity index (χ0v) is 12.2. The first-order chi connectivity index (χ1) is 9.85. The van der Waals surface area contributed by atoms with E-state index in [1.54, 1.807) is 18.0 Å². The Kier molecular flexibility index (Phi) is 5.45. The Morgan fingerprint density at radius 2 is 2.15 bits per heavy atom. The van der Waals surface area contributed by atoms with Crippen molar-refractivity contribution in [2.45, 2.75) is 18.2 Å². The highest BCUT2D eigenvalue weighted by molar-refractivity contribution is 7.99. The fourth-order valence-electron chi connectivity index (χ4n) is 1.83. The van der Waals surface area contributed by atoms with Crippen molar-refractivity contribution in [1.82, 2.24) is 4.98 Å². The fourth-order valence-corrected chi connectivity index (χ4v) is 2.61. The van der Waals surface area contributed by atoms with Crippen molar-refractivity contribution < 1.29 is 4.74 Å². The standard InChI is InChI=1S/C16H16N2OS/c1-2-20-16-8-5-7-15(14(16)12-17)19-11-9-13-6-3-4-10-18-13/h3-8,10H,2,9,11H2,1H3. The second kappa shape index (κ2) is 7.56. The highest BCUT2D eigenvalue weighted by Crippen LogP contribution is 2.29. The predicted molar refractivity (Wildman–Crippen MR) is 81.0 cm³/mol. The van der Waals surface area contributed by atoms with Crippen LogP contribution in [0.2, 0.25) is 0 Å². The Hall–Kier alpha value is -1.99. The molecule has 0 aliphatic heterocycles. The van der Waals surface area contributed by atoms with Crippen LogP contribution in [0.25, 0.3) is 0 Å². The average molecular weight is 284 g/mol. The summed E-state index contributed by atoms with van der Waals surface area (Å²) in [5.74, 6) is 1.59. The summed E-state index contributed by atoms with van der Waals surface area (Å²) in [7, 11) is 0. The summed E-state index contributed by atoms with van der Waals surface area (Å²) in [6.07, 6.45) is 2.51. The third-order valence-electron chi connectivity index (χ3n) is 2.74. The molecule has 4 heteroatoms. The second-order valence-electron chi connectivity index (χ2n) is 4.09. The minimum Gasteiger partial charge on any atom is -0.492 e. The first-order valence-corrected chi connectivity index (χ1v) is 7.52. The van der Waals surface area contributed by atoms with Gasteiger partial charge in [0.1, 0.15) is 17.4 Å². The van der Waals surface area contributed by atoms with Crippen LogP contribution in [-0.2, 0) is 6.42 Å². The van der Waals surface area contributed by atoms with E-state index < -0.39 is 0 Å². The van der Waals surface area contributed by atoms with Gasteiger partial charge in [-0.3, -0.25) is 4.98 Å². The van der Waals surface area contributed by atoms with Crippen LogP contribution in [0, 0.1) is 11.3 Å². The third-order valence-corrected chi connectivity index (χ3v) is 3.68. The van der Waals surface area contributed by atoms with Gasteiger partial charge in [-0.2, -0.15) is 5.26 Å². The molecular weight excluding hydrogens is 268 g/mol. The molecule has 1 heterocycles. The molecule has 0 fully saturated rings. The number of ether oxygens (including phenoxy) is 1. The van der Waals surface area contributed by atoms with Crippen LogP contribution >= 0.6 is 11.8 Å². The van der Waals surface area contributed by atoms with E-state index in [-0.39, 0.29) is 0 Å². The van der Waals surface area contributed by atoms with E-state index >= 15 is 0 Å². The molecule has 0 saturated carbocycles. The molecule has 0 N–H and O–H groups in total. The Labute approximate surface area is 123 Å². The van der Waals surface area contributed by atoms with Gasteiger partial charge in [0, 0.05) is 23.2 Å². The lowest BCUT2D eigenvalue weighted by atomic mass is 10.2. The summed E-state index contributed by atoms with van der Waals surface area (Å²) >= 11 is 1.66. The zero-order chi connectivity index (χ0) is 14.2. The van der Waals surface area contributed by atoms with Gasteiger partial charge in [-0.15, -0.1) is 11.8 Å². The summed E-state index contributed by atoms with van der Waals surface area (Å²) in [6, 6.07) is 13.8. The van der Waals surface area contributed by atoms with Crippen molar-refractivity contribution in [3.8, 4) is 11.8 Å². The molecule has 1 aromatic carbocycles. The van der Waals surface area contributed by atoms with Gasteiger partial charge in [0.15, 0.2) is 0 Å². The largest absolute Gasteiger partial charge is 0.492 e. The lowest BCUT2D eigenvalue weighted by Crippen LogP contribution is -2.04. The van der Waals surface area contributed by atoms with E-state index in [2.05, 4.69) is 18.0 Å². The molecule has 2 rings (SSSR count). The topological polar surface area (TPSA) is 45.9 Å². The van der Waals surface area contributed by atoms with Gasteiger partial charge in [-0.25, -0.2) is 0 Å². The molecule has 20 heavy (non-hydrogen) atoms. The molecule has 0 unspecified atom stereocenters. The van der Waals surface area contributed by atoms with E-state index in [0.29, 0.717) is 17.9 Å². The maximum Gasteiger partial charge on any atom is 0.138 e. The molecule has 0 amide bonds. The van der Waals surface area contributed by atoms with Crippen molar-refractivity contribution in [2.24, 2.45) is 0 Å². The van der Waals surface area contributed by atoms with Crippen molar-refractivity contribution in [3.63, 3.8) is 0 Å². The first-order valence-electron chi connectivity index (χ1n) is 6.53. The summed E-state index contributed by atoms with van der Waals surface area (Å²) in [5, 5.41) is 9.29. The van der Waals surface area contributed by atoms with E-state index in [4.69, 9.17) is 4.74 Å². The normalized spacial score (nSPS) is 10.0. The molecule has 0 atom stereocenters. The Morgan fingerprint density at radius 1 is 1.25 bits per heavy atom. The molecule has 3 nitrogen and oxygen atoms in total. The molecule has 0 saturated heterocycles. The highest BCUT2D eigenvalue weighted by atomic mass is 32.2. The van der Waals surface area contributed by atoms with Gasteiger partial charge in [-0.05, 0) is 30.0 Å². The molecule has 0 aliphatic carbocycles. The number of nitrogens with zero attached hydrogens (tertiary/aromatic N) is 2. The highest BCUT2D eigenvalue weighted by Gasteiger charge is 2.09. The van der Waals surface area contributed by atoms with Crippen LogP contribution in [-0.4, -0.2) is 17.3 Å². The molecule has 1 aromatic heterocycles. The Morgan fingerprint density at radius 3 is 2.85 bits per heavy atom. The number of hydrogen-bond acceptors (Lipinski definition) is 4. The number of rotatable bonds is 6. The third kappa shape index (κ3) is 3.75. The SMILES string of the molecule is CCSc1cccc(OCCc2ccccn2)c1C#N. The molecule has 0 bridgehead atoms. The summed E-state index contributed by atoms with van der Waals surface area (Å²) in [5.41, 5.74) is 1.62. The smallest absolute Gasteiger partial charge is 0.138 e. The lowest BCUT2D eigenvalue weighted by Gasteiger charge is -2.10.